The lowest BCUT2D eigenvalue weighted by Crippen LogP contribution is -2.14. The highest BCUT2D eigenvalue weighted by atomic mass is 19.1. The lowest BCUT2D eigenvalue weighted by Gasteiger charge is -2.14. The van der Waals surface area contributed by atoms with Crippen LogP contribution in [0, 0.1) is 12.7 Å². The first kappa shape index (κ1) is 11.8. The Kier molecular flexibility index (Phi) is 4.35. The number of anilines is 1. The molecule has 1 N–H and O–H groups in total. The summed E-state index contributed by atoms with van der Waals surface area (Å²) in [7, 11) is 0. The number of hydrogen-bond acceptors (Lipinski definition) is 1. The predicted molar refractivity (Wildman–Crippen MR) is 63.7 cm³/mol. The van der Waals surface area contributed by atoms with Crippen molar-refractivity contribution < 1.29 is 4.39 Å². The monoisotopic (exact) mass is 207 g/mol. The fraction of sp³-hybridized carbons (Fsp3) is 0.385. The van der Waals surface area contributed by atoms with E-state index >= 15 is 0 Å². The molecule has 1 nitrogen and oxygen atoms in total. The SMILES string of the molecule is C=CCCC(C)Nc1ccc(F)c(C)c1. The third-order valence-corrected chi connectivity index (χ3v) is 2.37. The lowest BCUT2D eigenvalue weighted by atomic mass is 10.1. The van der Waals surface area contributed by atoms with Gasteiger partial charge in [0.1, 0.15) is 5.82 Å². The van der Waals surface area contributed by atoms with Crippen LogP contribution in [0.15, 0.2) is 30.9 Å². The summed E-state index contributed by atoms with van der Waals surface area (Å²) in [5, 5.41) is 3.33. The van der Waals surface area contributed by atoms with Crippen LogP contribution in [-0.2, 0) is 0 Å². The lowest BCUT2D eigenvalue weighted by molar-refractivity contribution is 0.618. The summed E-state index contributed by atoms with van der Waals surface area (Å²) < 4.78 is 13.0. The van der Waals surface area contributed by atoms with Gasteiger partial charge in [-0.25, -0.2) is 4.39 Å². The van der Waals surface area contributed by atoms with Crippen LogP contribution in [0.1, 0.15) is 25.3 Å². The van der Waals surface area contributed by atoms with Gasteiger partial charge >= 0.3 is 0 Å². The van der Waals surface area contributed by atoms with Crippen molar-refractivity contribution in [3.8, 4) is 0 Å². The van der Waals surface area contributed by atoms with Crippen molar-refractivity contribution in [1.29, 1.82) is 0 Å². The van der Waals surface area contributed by atoms with E-state index in [0.717, 1.165) is 18.5 Å². The van der Waals surface area contributed by atoms with Crippen LogP contribution in [-0.4, -0.2) is 6.04 Å². The van der Waals surface area contributed by atoms with Gasteiger partial charge in [-0.2, -0.15) is 0 Å². The quantitative estimate of drug-likeness (QED) is 0.722. The van der Waals surface area contributed by atoms with Crippen molar-refractivity contribution >= 4 is 5.69 Å². The minimum atomic E-state index is -0.153. The molecule has 0 fully saturated rings. The summed E-state index contributed by atoms with van der Waals surface area (Å²) in [6.45, 7) is 7.57. The number of nitrogens with one attached hydrogen (secondary N) is 1. The molecule has 2 heteroatoms. The number of rotatable bonds is 5. The van der Waals surface area contributed by atoms with E-state index in [0.29, 0.717) is 11.6 Å². The molecule has 1 rings (SSSR count). The number of benzene rings is 1. The van der Waals surface area contributed by atoms with Gasteiger partial charge in [-0.1, -0.05) is 6.08 Å². The Morgan fingerprint density at radius 2 is 2.27 bits per heavy atom. The minimum Gasteiger partial charge on any atom is -0.383 e. The fourth-order valence-electron chi connectivity index (χ4n) is 1.46. The Bertz CT molecular complexity index is 333. The highest BCUT2D eigenvalue weighted by molar-refractivity contribution is 5.46. The number of allylic oxidation sites excluding steroid dienone is 1. The zero-order chi connectivity index (χ0) is 11.3. The molecule has 0 heterocycles. The first-order chi connectivity index (χ1) is 7.13. The maximum absolute atomic E-state index is 13.0. The summed E-state index contributed by atoms with van der Waals surface area (Å²) in [6.07, 6.45) is 3.95. The Morgan fingerprint density at radius 1 is 1.53 bits per heavy atom. The maximum atomic E-state index is 13.0. The van der Waals surface area contributed by atoms with Gasteiger partial charge in [-0.15, -0.1) is 6.58 Å². The largest absolute Gasteiger partial charge is 0.383 e. The molecule has 0 aliphatic heterocycles. The van der Waals surface area contributed by atoms with E-state index in [-0.39, 0.29) is 5.82 Å². The Morgan fingerprint density at radius 3 is 2.87 bits per heavy atom. The summed E-state index contributed by atoms with van der Waals surface area (Å²) in [4.78, 5) is 0. The first-order valence-corrected chi connectivity index (χ1v) is 5.27. The Labute approximate surface area is 91.0 Å². The van der Waals surface area contributed by atoms with Crippen molar-refractivity contribution in [2.45, 2.75) is 32.7 Å². The Balaban J connectivity index is 2.56. The second kappa shape index (κ2) is 5.54. The molecule has 0 aromatic heterocycles. The van der Waals surface area contributed by atoms with Crippen molar-refractivity contribution in [3.05, 3.63) is 42.2 Å². The van der Waals surface area contributed by atoms with Crippen LogP contribution < -0.4 is 5.32 Å². The van der Waals surface area contributed by atoms with Gasteiger partial charge in [-0.05, 0) is 50.5 Å². The van der Waals surface area contributed by atoms with E-state index in [1.54, 1.807) is 13.0 Å². The van der Waals surface area contributed by atoms with E-state index in [4.69, 9.17) is 0 Å². The predicted octanol–water partition coefficient (Wildman–Crippen LogP) is 3.90. The molecule has 0 bridgehead atoms. The van der Waals surface area contributed by atoms with Gasteiger partial charge in [-0.3, -0.25) is 0 Å². The Hall–Kier alpha value is -1.31. The first-order valence-electron chi connectivity index (χ1n) is 5.27. The topological polar surface area (TPSA) is 12.0 Å². The summed E-state index contributed by atoms with van der Waals surface area (Å²) in [5.41, 5.74) is 1.65. The molecule has 0 aliphatic carbocycles. The molecule has 0 saturated carbocycles. The van der Waals surface area contributed by atoms with Crippen molar-refractivity contribution in [2.75, 3.05) is 5.32 Å². The van der Waals surface area contributed by atoms with Crippen LogP contribution in [0.5, 0.6) is 0 Å². The van der Waals surface area contributed by atoms with Gasteiger partial charge in [0.05, 0.1) is 0 Å². The average Bonchev–Trinajstić information content (AvgIpc) is 2.20. The molecule has 1 aromatic carbocycles. The van der Waals surface area contributed by atoms with Crippen LogP contribution in [0.2, 0.25) is 0 Å². The fourth-order valence-corrected chi connectivity index (χ4v) is 1.46. The molecule has 0 radical (unpaired) electrons. The smallest absolute Gasteiger partial charge is 0.126 e. The highest BCUT2D eigenvalue weighted by Gasteiger charge is 2.02. The van der Waals surface area contributed by atoms with Gasteiger partial charge in [0, 0.05) is 11.7 Å². The van der Waals surface area contributed by atoms with Gasteiger partial charge in [0.2, 0.25) is 0 Å². The summed E-state index contributed by atoms with van der Waals surface area (Å²) >= 11 is 0. The third kappa shape index (κ3) is 3.74. The van der Waals surface area contributed by atoms with Gasteiger partial charge < -0.3 is 5.32 Å². The zero-order valence-electron chi connectivity index (χ0n) is 9.39. The van der Waals surface area contributed by atoms with Crippen LogP contribution in [0.25, 0.3) is 0 Å². The molecule has 82 valence electrons. The van der Waals surface area contributed by atoms with Crippen molar-refractivity contribution in [3.63, 3.8) is 0 Å². The second-order valence-corrected chi connectivity index (χ2v) is 3.88. The molecular weight excluding hydrogens is 189 g/mol. The average molecular weight is 207 g/mol. The van der Waals surface area contributed by atoms with E-state index in [2.05, 4.69) is 18.8 Å². The number of aryl methyl sites for hydroxylation is 1. The summed E-state index contributed by atoms with van der Waals surface area (Å²) in [6, 6.07) is 5.48. The number of halogens is 1. The van der Waals surface area contributed by atoms with E-state index < -0.39 is 0 Å². The molecular formula is C13H18FN. The van der Waals surface area contributed by atoms with E-state index in [1.165, 1.54) is 6.07 Å². The minimum absolute atomic E-state index is 0.153. The van der Waals surface area contributed by atoms with Crippen molar-refractivity contribution in [2.24, 2.45) is 0 Å². The molecule has 15 heavy (non-hydrogen) atoms. The third-order valence-electron chi connectivity index (χ3n) is 2.37. The summed E-state index contributed by atoms with van der Waals surface area (Å²) in [5.74, 6) is -0.153. The standard InChI is InChI=1S/C13H18FN/c1-4-5-6-11(3)15-12-7-8-13(14)10(2)9-12/h4,7-9,11,15H,1,5-6H2,2-3H3. The van der Waals surface area contributed by atoms with Crippen LogP contribution in [0.4, 0.5) is 10.1 Å². The molecule has 0 saturated heterocycles. The number of hydrogen-bond donors (Lipinski definition) is 1. The molecule has 1 atom stereocenters. The highest BCUT2D eigenvalue weighted by Crippen LogP contribution is 2.15. The van der Waals surface area contributed by atoms with Gasteiger partial charge in [0.15, 0.2) is 0 Å². The normalized spacial score (nSPS) is 12.2. The van der Waals surface area contributed by atoms with E-state index in [9.17, 15) is 4.39 Å². The molecule has 0 spiro atoms. The van der Waals surface area contributed by atoms with Crippen molar-refractivity contribution in [1.82, 2.24) is 0 Å². The molecule has 1 unspecified atom stereocenters. The van der Waals surface area contributed by atoms with E-state index in [1.807, 2.05) is 12.1 Å². The molecule has 1 aromatic rings. The van der Waals surface area contributed by atoms with Gasteiger partial charge in [0.25, 0.3) is 0 Å². The second-order valence-electron chi connectivity index (χ2n) is 3.88. The molecule has 0 amide bonds. The van der Waals surface area contributed by atoms with Crippen LogP contribution >= 0.6 is 0 Å². The molecule has 0 aliphatic rings. The zero-order valence-corrected chi connectivity index (χ0v) is 9.39. The maximum Gasteiger partial charge on any atom is 0.126 e. The van der Waals surface area contributed by atoms with Crippen LogP contribution in [0.3, 0.4) is 0 Å².